The van der Waals surface area contributed by atoms with Gasteiger partial charge >= 0.3 is 0 Å². The van der Waals surface area contributed by atoms with Gasteiger partial charge < -0.3 is 5.32 Å². The third-order valence-electron chi connectivity index (χ3n) is 5.15. The van der Waals surface area contributed by atoms with E-state index in [0.29, 0.717) is 11.6 Å². The van der Waals surface area contributed by atoms with Gasteiger partial charge in [0.15, 0.2) is 0 Å². The summed E-state index contributed by atoms with van der Waals surface area (Å²) in [6.07, 6.45) is 4.04. The van der Waals surface area contributed by atoms with E-state index in [9.17, 15) is 0 Å². The van der Waals surface area contributed by atoms with Crippen molar-refractivity contribution in [3.8, 4) is 0 Å². The maximum atomic E-state index is 3.76. The number of rotatable bonds is 4. The van der Waals surface area contributed by atoms with E-state index in [1.54, 1.807) is 0 Å². The van der Waals surface area contributed by atoms with Crippen molar-refractivity contribution >= 4 is 15.9 Å². The van der Waals surface area contributed by atoms with Crippen LogP contribution in [0.4, 0.5) is 0 Å². The molecule has 1 heterocycles. The molecule has 1 saturated carbocycles. The van der Waals surface area contributed by atoms with E-state index < -0.39 is 0 Å². The predicted octanol–water partition coefficient (Wildman–Crippen LogP) is 3.80. The van der Waals surface area contributed by atoms with Crippen LogP contribution in [0, 0.1) is 5.92 Å². The number of piperazine rings is 1. The summed E-state index contributed by atoms with van der Waals surface area (Å²) in [4.78, 5) is 2.73. The summed E-state index contributed by atoms with van der Waals surface area (Å²) >= 11 is 3.52. The minimum absolute atomic E-state index is 0.346. The SMILES string of the molecule is CCC1CN(Cc2ccc(Br)cc2)C(C)(C2CC2)CN1. The Hall–Kier alpha value is -0.380. The Morgan fingerprint density at radius 3 is 2.60 bits per heavy atom. The van der Waals surface area contributed by atoms with E-state index >= 15 is 0 Å². The Morgan fingerprint density at radius 2 is 2.00 bits per heavy atom. The molecular formula is C17H25BrN2. The van der Waals surface area contributed by atoms with Crippen LogP contribution in [0.5, 0.6) is 0 Å². The molecule has 1 aromatic rings. The van der Waals surface area contributed by atoms with Crippen LogP contribution in [0.15, 0.2) is 28.7 Å². The molecule has 1 N–H and O–H groups in total. The molecule has 1 aromatic carbocycles. The lowest BCUT2D eigenvalue weighted by molar-refractivity contribution is 0.0270. The van der Waals surface area contributed by atoms with E-state index in [-0.39, 0.29) is 0 Å². The van der Waals surface area contributed by atoms with E-state index in [2.05, 4.69) is 64.3 Å². The molecule has 1 aliphatic carbocycles. The first-order chi connectivity index (χ1) is 9.61. The maximum Gasteiger partial charge on any atom is 0.0338 e. The normalized spacial score (nSPS) is 31.4. The smallest absolute Gasteiger partial charge is 0.0338 e. The molecule has 1 aliphatic heterocycles. The van der Waals surface area contributed by atoms with Crippen molar-refractivity contribution in [1.29, 1.82) is 0 Å². The first kappa shape index (κ1) is 14.6. The van der Waals surface area contributed by atoms with Gasteiger partial charge in [-0.3, -0.25) is 4.90 Å². The lowest BCUT2D eigenvalue weighted by atomic mass is 9.88. The van der Waals surface area contributed by atoms with Crippen molar-refractivity contribution in [3.63, 3.8) is 0 Å². The molecule has 0 bridgehead atoms. The second-order valence-electron chi connectivity index (χ2n) is 6.62. The molecule has 0 radical (unpaired) electrons. The topological polar surface area (TPSA) is 15.3 Å². The molecule has 0 amide bonds. The van der Waals surface area contributed by atoms with Gasteiger partial charge in [-0.2, -0.15) is 0 Å². The van der Waals surface area contributed by atoms with E-state index in [1.165, 1.54) is 31.4 Å². The average molecular weight is 337 g/mol. The van der Waals surface area contributed by atoms with Crippen molar-refractivity contribution in [2.45, 2.75) is 51.2 Å². The lowest BCUT2D eigenvalue weighted by Crippen LogP contribution is -2.63. The summed E-state index contributed by atoms with van der Waals surface area (Å²) in [5.74, 6) is 0.892. The molecule has 2 aliphatic rings. The summed E-state index contributed by atoms with van der Waals surface area (Å²) in [7, 11) is 0. The number of benzene rings is 1. The van der Waals surface area contributed by atoms with Crippen molar-refractivity contribution in [1.82, 2.24) is 10.2 Å². The molecule has 3 heteroatoms. The second-order valence-corrected chi connectivity index (χ2v) is 7.54. The molecule has 110 valence electrons. The molecule has 1 saturated heterocycles. The summed E-state index contributed by atoms with van der Waals surface area (Å²) < 4.78 is 1.16. The minimum Gasteiger partial charge on any atom is -0.311 e. The van der Waals surface area contributed by atoms with Gasteiger partial charge in [0.2, 0.25) is 0 Å². The van der Waals surface area contributed by atoms with Gasteiger partial charge in [-0.15, -0.1) is 0 Å². The van der Waals surface area contributed by atoms with Gasteiger partial charge in [-0.25, -0.2) is 0 Å². The fraction of sp³-hybridized carbons (Fsp3) is 0.647. The largest absolute Gasteiger partial charge is 0.311 e. The maximum absolute atomic E-state index is 3.76. The Labute approximate surface area is 131 Å². The second kappa shape index (κ2) is 5.78. The van der Waals surface area contributed by atoms with Crippen molar-refractivity contribution in [3.05, 3.63) is 34.3 Å². The van der Waals surface area contributed by atoms with Crippen molar-refractivity contribution in [2.24, 2.45) is 5.92 Å². The number of hydrogen-bond acceptors (Lipinski definition) is 2. The monoisotopic (exact) mass is 336 g/mol. The molecule has 2 atom stereocenters. The number of halogens is 1. The Balaban J connectivity index is 1.76. The zero-order chi connectivity index (χ0) is 14.2. The third-order valence-corrected chi connectivity index (χ3v) is 5.68. The number of nitrogens with one attached hydrogen (secondary N) is 1. The van der Waals surface area contributed by atoms with Crippen LogP contribution in [-0.2, 0) is 6.54 Å². The van der Waals surface area contributed by atoms with Gasteiger partial charge in [0.25, 0.3) is 0 Å². The molecule has 3 rings (SSSR count). The van der Waals surface area contributed by atoms with Crippen LogP contribution in [0.1, 0.15) is 38.7 Å². The van der Waals surface area contributed by atoms with Crippen LogP contribution in [0.25, 0.3) is 0 Å². The first-order valence-electron chi connectivity index (χ1n) is 7.84. The van der Waals surface area contributed by atoms with Crippen LogP contribution in [0.2, 0.25) is 0 Å². The highest BCUT2D eigenvalue weighted by molar-refractivity contribution is 9.10. The lowest BCUT2D eigenvalue weighted by Gasteiger charge is -2.48. The fourth-order valence-corrected chi connectivity index (χ4v) is 3.70. The zero-order valence-corrected chi connectivity index (χ0v) is 14.1. The highest BCUT2D eigenvalue weighted by Gasteiger charge is 2.47. The molecular weight excluding hydrogens is 312 g/mol. The quantitative estimate of drug-likeness (QED) is 0.899. The fourth-order valence-electron chi connectivity index (χ4n) is 3.44. The summed E-state index contributed by atoms with van der Waals surface area (Å²) in [5.41, 5.74) is 1.77. The highest BCUT2D eigenvalue weighted by atomic mass is 79.9. The first-order valence-corrected chi connectivity index (χ1v) is 8.64. The summed E-state index contributed by atoms with van der Waals surface area (Å²) in [6.45, 7) is 8.16. The van der Waals surface area contributed by atoms with Gasteiger partial charge in [0, 0.05) is 35.7 Å². The van der Waals surface area contributed by atoms with Gasteiger partial charge in [-0.05, 0) is 49.8 Å². The standard InChI is InChI=1S/C17H25BrN2/c1-3-16-11-20(10-13-4-8-15(18)9-5-13)17(2,12-19-16)14-6-7-14/h4-5,8-9,14,16,19H,3,6-7,10-12H2,1-2H3. The molecule has 20 heavy (non-hydrogen) atoms. The van der Waals surface area contributed by atoms with Crippen molar-refractivity contribution < 1.29 is 0 Å². The Morgan fingerprint density at radius 1 is 1.30 bits per heavy atom. The minimum atomic E-state index is 0.346. The van der Waals surface area contributed by atoms with E-state index in [0.717, 1.165) is 23.5 Å². The third kappa shape index (κ3) is 2.95. The van der Waals surface area contributed by atoms with Crippen molar-refractivity contribution in [2.75, 3.05) is 13.1 Å². The van der Waals surface area contributed by atoms with Gasteiger partial charge in [0.05, 0.1) is 0 Å². The predicted molar refractivity (Wildman–Crippen MR) is 87.8 cm³/mol. The zero-order valence-electron chi connectivity index (χ0n) is 12.5. The van der Waals surface area contributed by atoms with E-state index in [4.69, 9.17) is 0 Å². The molecule has 2 nitrogen and oxygen atoms in total. The summed E-state index contributed by atoms with van der Waals surface area (Å²) in [6, 6.07) is 9.46. The van der Waals surface area contributed by atoms with Gasteiger partial charge in [-0.1, -0.05) is 35.0 Å². The Kier molecular flexibility index (Phi) is 4.21. The molecule has 0 aromatic heterocycles. The summed E-state index contributed by atoms with van der Waals surface area (Å²) in [5, 5.41) is 3.76. The molecule has 2 unspecified atom stereocenters. The average Bonchev–Trinajstić information content (AvgIpc) is 3.28. The van der Waals surface area contributed by atoms with Crippen LogP contribution in [-0.4, -0.2) is 29.6 Å². The highest BCUT2D eigenvalue weighted by Crippen LogP contribution is 2.44. The van der Waals surface area contributed by atoms with Gasteiger partial charge in [0.1, 0.15) is 0 Å². The van der Waals surface area contributed by atoms with Crippen LogP contribution >= 0.6 is 15.9 Å². The molecule has 2 fully saturated rings. The Bertz CT molecular complexity index is 455. The molecule has 0 spiro atoms. The van der Waals surface area contributed by atoms with Crippen LogP contribution in [0.3, 0.4) is 0 Å². The van der Waals surface area contributed by atoms with E-state index in [1.807, 2.05) is 0 Å². The van der Waals surface area contributed by atoms with Crippen LogP contribution < -0.4 is 5.32 Å². The number of hydrogen-bond donors (Lipinski definition) is 1. The number of nitrogens with zero attached hydrogens (tertiary/aromatic N) is 1.